The lowest BCUT2D eigenvalue weighted by atomic mass is 9.39. The molecule has 1 saturated heterocycles. The van der Waals surface area contributed by atoms with Crippen molar-refractivity contribution in [3.05, 3.63) is 53.6 Å². The molecule has 0 aliphatic carbocycles. The third-order valence-corrected chi connectivity index (χ3v) is 9.24. The van der Waals surface area contributed by atoms with Crippen LogP contribution in [0.3, 0.4) is 0 Å². The van der Waals surface area contributed by atoms with Crippen LogP contribution in [0.1, 0.15) is 53.5 Å². The molecule has 2 aromatic rings. The van der Waals surface area contributed by atoms with Crippen molar-refractivity contribution in [1.82, 2.24) is 0 Å². The van der Waals surface area contributed by atoms with E-state index >= 15 is 0 Å². The van der Waals surface area contributed by atoms with Crippen LogP contribution in [-0.4, -0.2) is 33.0 Å². The van der Waals surface area contributed by atoms with Crippen molar-refractivity contribution >= 4 is 22.0 Å². The van der Waals surface area contributed by atoms with E-state index in [0.29, 0.717) is 11.3 Å². The first-order chi connectivity index (χ1) is 15.6. The van der Waals surface area contributed by atoms with Crippen molar-refractivity contribution < 1.29 is 26.7 Å². The van der Waals surface area contributed by atoms with E-state index in [0.717, 1.165) is 24.0 Å². The van der Waals surface area contributed by atoms with E-state index in [9.17, 15) is 17.2 Å². The molecule has 2 unspecified atom stereocenters. The minimum absolute atomic E-state index is 0.0309. The summed E-state index contributed by atoms with van der Waals surface area (Å²) >= 11 is 0. The van der Waals surface area contributed by atoms with E-state index in [1.165, 1.54) is 6.07 Å². The van der Waals surface area contributed by atoms with Crippen LogP contribution in [-0.2, 0) is 20.3 Å². The summed E-state index contributed by atoms with van der Waals surface area (Å²) in [4.78, 5) is 0. The van der Waals surface area contributed by atoms with Crippen molar-refractivity contribution in [2.24, 2.45) is 10.8 Å². The van der Waals surface area contributed by atoms with Crippen LogP contribution in [0.2, 0.25) is 6.82 Å². The van der Waals surface area contributed by atoms with Gasteiger partial charge in [0.15, 0.2) is 21.4 Å². The molecule has 4 nitrogen and oxygen atoms in total. The average Bonchev–Trinajstić information content (AvgIpc) is 2.68. The first kappa shape index (κ1) is 26.7. The predicted octanol–water partition coefficient (Wildman–Crippen LogP) is 5.79. The zero-order chi connectivity index (χ0) is 25.5. The SMILES string of the molecule is CCS(=O)(=O)Cc1ccc(Oc2ccc(F)cc2F)c(B(C)C2CC(C(C)(C)C(C)(C)C)O2)c1. The summed E-state index contributed by atoms with van der Waals surface area (Å²) in [5.41, 5.74) is 1.41. The van der Waals surface area contributed by atoms with Crippen molar-refractivity contribution in [2.45, 2.75) is 72.6 Å². The van der Waals surface area contributed by atoms with Gasteiger partial charge in [-0.3, -0.25) is 0 Å². The Kier molecular flexibility index (Phi) is 7.54. The lowest BCUT2D eigenvalue weighted by Gasteiger charge is -2.53. The third kappa shape index (κ3) is 5.65. The molecular formula is C26H35BF2O4S. The van der Waals surface area contributed by atoms with Crippen LogP contribution in [0.4, 0.5) is 8.78 Å². The van der Waals surface area contributed by atoms with Crippen LogP contribution in [0.15, 0.2) is 36.4 Å². The molecule has 1 aliphatic heterocycles. The fourth-order valence-electron chi connectivity index (χ4n) is 4.05. The van der Waals surface area contributed by atoms with Crippen molar-refractivity contribution in [3.8, 4) is 11.5 Å². The minimum atomic E-state index is -3.23. The molecule has 0 amide bonds. The van der Waals surface area contributed by atoms with Gasteiger partial charge in [-0.1, -0.05) is 60.5 Å². The Morgan fingerprint density at radius 2 is 1.68 bits per heavy atom. The predicted molar refractivity (Wildman–Crippen MR) is 134 cm³/mol. The van der Waals surface area contributed by atoms with Gasteiger partial charge in [0, 0.05) is 17.8 Å². The highest BCUT2D eigenvalue weighted by atomic mass is 32.2. The smallest absolute Gasteiger partial charge is 0.211 e. The molecular weight excluding hydrogens is 457 g/mol. The number of halogens is 2. The highest BCUT2D eigenvalue weighted by Crippen LogP contribution is 2.48. The van der Waals surface area contributed by atoms with E-state index in [-0.39, 0.29) is 46.9 Å². The Morgan fingerprint density at radius 1 is 1.06 bits per heavy atom. The summed E-state index contributed by atoms with van der Waals surface area (Å²) in [6.07, 6.45) is 0.954. The van der Waals surface area contributed by atoms with E-state index in [2.05, 4.69) is 34.6 Å². The van der Waals surface area contributed by atoms with E-state index < -0.39 is 21.5 Å². The number of benzene rings is 2. The zero-order valence-electron chi connectivity index (χ0n) is 21.1. The second-order valence-corrected chi connectivity index (χ2v) is 13.2. The molecule has 0 N–H and O–H groups in total. The molecule has 0 radical (unpaired) electrons. The summed E-state index contributed by atoms with van der Waals surface area (Å²) in [5.74, 6) is -1.22. The van der Waals surface area contributed by atoms with Gasteiger partial charge in [0.2, 0.25) is 6.71 Å². The normalized spacial score (nSPS) is 19.0. The molecule has 2 aromatic carbocycles. The fraction of sp³-hybridized carbons (Fsp3) is 0.538. The van der Waals surface area contributed by atoms with Crippen LogP contribution in [0.25, 0.3) is 0 Å². The highest BCUT2D eigenvalue weighted by molar-refractivity contribution is 7.90. The van der Waals surface area contributed by atoms with E-state index in [1.54, 1.807) is 25.1 Å². The molecule has 34 heavy (non-hydrogen) atoms. The fourth-order valence-corrected chi connectivity index (χ4v) is 4.94. The van der Waals surface area contributed by atoms with Gasteiger partial charge in [-0.15, -0.1) is 0 Å². The molecule has 2 atom stereocenters. The molecule has 3 rings (SSSR count). The lowest BCUT2D eigenvalue weighted by Crippen LogP contribution is -2.58. The second kappa shape index (κ2) is 9.61. The standard InChI is InChI=1S/C26H35BF2O4S/c1-8-34(30,31)16-17-9-11-21(32-22-12-10-18(28)14-20(22)29)19(13-17)27(7)24-15-23(33-24)26(5,6)25(2,3)4/h9-14,23-24H,8,15-16H2,1-7H3. The van der Waals surface area contributed by atoms with E-state index in [4.69, 9.17) is 9.47 Å². The Hall–Kier alpha value is -1.93. The molecule has 186 valence electrons. The Bertz CT molecular complexity index is 1140. The summed E-state index contributed by atoms with van der Waals surface area (Å²) in [5, 5.41) is 0. The van der Waals surface area contributed by atoms with Crippen LogP contribution >= 0.6 is 0 Å². The minimum Gasteiger partial charge on any atom is -0.455 e. The quantitative estimate of drug-likeness (QED) is 0.438. The topological polar surface area (TPSA) is 52.6 Å². The first-order valence-corrected chi connectivity index (χ1v) is 13.6. The van der Waals surface area contributed by atoms with Gasteiger partial charge in [-0.2, -0.15) is 0 Å². The summed E-state index contributed by atoms with van der Waals surface area (Å²) in [6, 6.07) is 8.21. The molecule has 0 spiro atoms. The zero-order valence-corrected chi connectivity index (χ0v) is 21.9. The molecule has 0 bridgehead atoms. The lowest BCUT2D eigenvalue weighted by molar-refractivity contribution is -0.170. The molecule has 0 aromatic heterocycles. The monoisotopic (exact) mass is 492 g/mol. The van der Waals surface area contributed by atoms with Crippen molar-refractivity contribution in [3.63, 3.8) is 0 Å². The molecule has 8 heteroatoms. The van der Waals surface area contributed by atoms with Crippen LogP contribution in [0.5, 0.6) is 11.5 Å². The van der Waals surface area contributed by atoms with Crippen molar-refractivity contribution in [1.29, 1.82) is 0 Å². The Labute approximate surface area is 203 Å². The van der Waals surface area contributed by atoms with Gasteiger partial charge in [0.05, 0.1) is 11.9 Å². The van der Waals surface area contributed by atoms with Crippen LogP contribution in [0, 0.1) is 22.5 Å². The number of hydrogen-bond acceptors (Lipinski definition) is 4. The van der Waals surface area contributed by atoms with Gasteiger partial charge in [-0.25, -0.2) is 17.2 Å². The molecule has 0 saturated carbocycles. The number of hydrogen-bond donors (Lipinski definition) is 0. The van der Waals surface area contributed by atoms with Gasteiger partial charge in [-0.05, 0) is 46.5 Å². The largest absolute Gasteiger partial charge is 0.455 e. The summed E-state index contributed by atoms with van der Waals surface area (Å²) in [7, 11) is -3.23. The van der Waals surface area contributed by atoms with E-state index in [1.807, 2.05) is 6.82 Å². The summed E-state index contributed by atoms with van der Waals surface area (Å²) < 4.78 is 64.2. The van der Waals surface area contributed by atoms with Gasteiger partial charge >= 0.3 is 0 Å². The number of sulfone groups is 1. The molecule has 1 aliphatic rings. The average molecular weight is 492 g/mol. The third-order valence-electron chi connectivity index (χ3n) is 7.59. The van der Waals surface area contributed by atoms with Gasteiger partial charge in [0.25, 0.3) is 0 Å². The maximum absolute atomic E-state index is 14.3. The molecule has 1 heterocycles. The molecule has 1 fully saturated rings. The Morgan fingerprint density at radius 3 is 2.24 bits per heavy atom. The second-order valence-electron chi connectivity index (χ2n) is 10.9. The first-order valence-electron chi connectivity index (χ1n) is 11.8. The number of rotatable bonds is 8. The van der Waals surface area contributed by atoms with Crippen molar-refractivity contribution in [2.75, 3.05) is 5.75 Å². The number of ether oxygens (including phenoxy) is 2. The van der Waals surface area contributed by atoms with Gasteiger partial charge in [0.1, 0.15) is 11.6 Å². The summed E-state index contributed by atoms with van der Waals surface area (Å²) in [6.45, 7) is 14.5. The van der Waals surface area contributed by atoms with Gasteiger partial charge < -0.3 is 9.47 Å². The highest BCUT2D eigenvalue weighted by Gasteiger charge is 2.49. The maximum atomic E-state index is 14.3. The Balaban J connectivity index is 1.91. The van der Waals surface area contributed by atoms with Crippen LogP contribution < -0.4 is 10.2 Å². The maximum Gasteiger partial charge on any atom is 0.211 e.